The fraction of sp³-hybridized carbons (Fsp3) is 0.714. The highest BCUT2D eigenvalue weighted by molar-refractivity contribution is 5.87. The monoisotopic (exact) mass is 251 g/mol. The molecule has 2 bridgehead atoms. The van der Waals surface area contributed by atoms with Crippen molar-refractivity contribution in [1.29, 1.82) is 0 Å². The molecule has 2 rings (SSSR count). The van der Waals surface area contributed by atoms with E-state index in [2.05, 4.69) is 5.32 Å². The molecule has 4 heteroatoms. The zero-order valence-electron chi connectivity index (χ0n) is 10.9. The third-order valence-corrected chi connectivity index (χ3v) is 4.38. The Morgan fingerprint density at radius 1 is 1.22 bits per heavy atom. The van der Waals surface area contributed by atoms with Crippen LogP contribution in [0.3, 0.4) is 0 Å². The summed E-state index contributed by atoms with van der Waals surface area (Å²) in [5, 5.41) is 12.3. The second-order valence-electron chi connectivity index (χ2n) is 5.36. The Bertz CT molecular complexity index is 373. The van der Waals surface area contributed by atoms with Gasteiger partial charge in [0.2, 0.25) is 5.91 Å². The largest absolute Gasteiger partial charge is 0.481 e. The van der Waals surface area contributed by atoms with Gasteiger partial charge in [0.25, 0.3) is 0 Å². The number of rotatable bonds is 5. The quantitative estimate of drug-likeness (QED) is 0.732. The van der Waals surface area contributed by atoms with E-state index in [1.54, 1.807) is 0 Å². The first kappa shape index (κ1) is 13.1. The van der Waals surface area contributed by atoms with Gasteiger partial charge < -0.3 is 10.4 Å². The summed E-state index contributed by atoms with van der Waals surface area (Å²) in [6, 6.07) is 0.162. The molecule has 0 aromatic carbocycles. The summed E-state index contributed by atoms with van der Waals surface area (Å²) in [4.78, 5) is 23.6. The molecule has 0 aromatic rings. The van der Waals surface area contributed by atoms with Crippen molar-refractivity contribution >= 4 is 11.9 Å². The van der Waals surface area contributed by atoms with Gasteiger partial charge in [0.1, 0.15) is 0 Å². The normalized spacial score (nSPS) is 33.1. The molecule has 0 aromatic heterocycles. The predicted molar refractivity (Wildman–Crippen MR) is 67.9 cm³/mol. The number of allylic oxidation sites excluding steroid dienone is 2. The first-order valence-electron chi connectivity index (χ1n) is 6.80. The Morgan fingerprint density at radius 2 is 1.78 bits per heavy atom. The highest BCUT2D eigenvalue weighted by Gasteiger charge is 2.51. The Balaban J connectivity index is 2.09. The molecule has 0 heterocycles. The molecule has 1 fully saturated rings. The van der Waals surface area contributed by atoms with E-state index in [1.807, 2.05) is 26.0 Å². The molecule has 2 aliphatic rings. The van der Waals surface area contributed by atoms with E-state index in [9.17, 15) is 14.7 Å². The zero-order valence-corrected chi connectivity index (χ0v) is 10.9. The molecule has 4 nitrogen and oxygen atoms in total. The number of carbonyl (C=O) groups excluding carboxylic acids is 1. The lowest BCUT2D eigenvalue weighted by Gasteiger charge is -2.26. The van der Waals surface area contributed by atoms with Crippen molar-refractivity contribution in [1.82, 2.24) is 5.32 Å². The highest BCUT2D eigenvalue weighted by Crippen LogP contribution is 2.48. The van der Waals surface area contributed by atoms with E-state index in [0.717, 1.165) is 19.3 Å². The number of amides is 1. The van der Waals surface area contributed by atoms with Crippen molar-refractivity contribution < 1.29 is 14.7 Å². The van der Waals surface area contributed by atoms with Gasteiger partial charge >= 0.3 is 5.97 Å². The number of hydrogen-bond donors (Lipinski definition) is 2. The minimum atomic E-state index is -0.837. The summed E-state index contributed by atoms with van der Waals surface area (Å²) < 4.78 is 0. The van der Waals surface area contributed by atoms with Gasteiger partial charge in [0.15, 0.2) is 0 Å². The molecule has 0 saturated heterocycles. The fourth-order valence-corrected chi connectivity index (χ4v) is 3.31. The molecule has 2 aliphatic carbocycles. The van der Waals surface area contributed by atoms with E-state index >= 15 is 0 Å². The van der Waals surface area contributed by atoms with Gasteiger partial charge in [0, 0.05) is 6.04 Å². The average Bonchev–Trinajstić information content (AvgIpc) is 2.95. The van der Waals surface area contributed by atoms with Crippen molar-refractivity contribution in [2.24, 2.45) is 23.7 Å². The Morgan fingerprint density at radius 3 is 2.28 bits per heavy atom. The molecule has 4 atom stereocenters. The lowest BCUT2D eigenvalue weighted by molar-refractivity contribution is -0.148. The van der Waals surface area contributed by atoms with Crippen LogP contribution in [0, 0.1) is 23.7 Å². The smallest absolute Gasteiger partial charge is 0.307 e. The van der Waals surface area contributed by atoms with Gasteiger partial charge in [-0.05, 0) is 31.1 Å². The van der Waals surface area contributed by atoms with Crippen LogP contribution in [0.25, 0.3) is 0 Å². The molecule has 100 valence electrons. The van der Waals surface area contributed by atoms with Crippen LogP contribution in [0.15, 0.2) is 12.2 Å². The number of carbonyl (C=O) groups is 2. The second kappa shape index (κ2) is 5.12. The number of hydrogen-bond acceptors (Lipinski definition) is 2. The number of carboxylic acids is 1. The third kappa shape index (κ3) is 2.16. The fourth-order valence-electron chi connectivity index (χ4n) is 3.31. The summed E-state index contributed by atoms with van der Waals surface area (Å²) in [5.41, 5.74) is 0. The molecular weight excluding hydrogens is 230 g/mol. The molecule has 0 aliphatic heterocycles. The van der Waals surface area contributed by atoms with Crippen LogP contribution >= 0.6 is 0 Å². The first-order valence-corrected chi connectivity index (χ1v) is 6.80. The average molecular weight is 251 g/mol. The standard InChI is InChI=1S/C14H21NO3/c1-3-10(4-2)15-13(16)11-8-5-6-9(7-8)12(11)14(17)18/h5-6,8-12H,3-4,7H2,1-2H3,(H,15,16)(H,17,18)/t8-,9-,11-,12+/m0/s1. The Hall–Kier alpha value is -1.32. The van der Waals surface area contributed by atoms with Crippen molar-refractivity contribution in [3.8, 4) is 0 Å². The lowest BCUT2D eigenvalue weighted by atomic mass is 9.82. The van der Waals surface area contributed by atoms with Gasteiger partial charge in [-0.2, -0.15) is 0 Å². The van der Waals surface area contributed by atoms with E-state index in [-0.39, 0.29) is 29.7 Å². The minimum Gasteiger partial charge on any atom is -0.481 e. The molecule has 0 unspecified atom stereocenters. The van der Waals surface area contributed by atoms with Crippen molar-refractivity contribution in [2.45, 2.75) is 39.2 Å². The number of fused-ring (bicyclic) bond motifs is 2. The van der Waals surface area contributed by atoms with E-state index in [4.69, 9.17) is 0 Å². The molecule has 18 heavy (non-hydrogen) atoms. The van der Waals surface area contributed by atoms with Crippen LogP contribution < -0.4 is 5.32 Å². The van der Waals surface area contributed by atoms with Crippen molar-refractivity contribution in [3.05, 3.63) is 12.2 Å². The number of carboxylic acid groups (broad SMARTS) is 1. The maximum atomic E-state index is 12.3. The summed E-state index contributed by atoms with van der Waals surface area (Å²) in [7, 11) is 0. The summed E-state index contributed by atoms with van der Waals surface area (Å²) in [6.45, 7) is 4.06. The van der Waals surface area contributed by atoms with Crippen LogP contribution in [0.4, 0.5) is 0 Å². The second-order valence-corrected chi connectivity index (χ2v) is 5.36. The summed E-state index contributed by atoms with van der Waals surface area (Å²) in [6.07, 6.45) is 6.57. The number of aliphatic carboxylic acids is 1. The van der Waals surface area contributed by atoms with E-state index < -0.39 is 11.9 Å². The maximum absolute atomic E-state index is 12.3. The summed E-state index contributed by atoms with van der Waals surface area (Å²) >= 11 is 0. The van der Waals surface area contributed by atoms with Gasteiger partial charge in [0.05, 0.1) is 11.8 Å². The van der Waals surface area contributed by atoms with Gasteiger partial charge in [-0.15, -0.1) is 0 Å². The van der Waals surface area contributed by atoms with E-state index in [1.165, 1.54) is 0 Å². The molecular formula is C14H21NO3. The van der Waals surface area contributed by atoms with Crippen molar-refractivity contribution in [3.63, 3.8) is 0 Å². The van der Waals surface area contributed by atoms with Crippen molar-refractivity contribution in [2.75, 3.05) is 0 Å². The predicted octanol–water partition coefficient (Wildman–Crippen LogP) is 1.81. The molecule has 0 radical (unpaired) electrons. The first-order chi connectivity index (χ1) is 8.58. The molecule has 0 spiro atoms. The van der Waals surface area contributed by atoms with Crippen LogP contribution in [-0.2, 0) is 9.59 Å². The van der Waals surface area contributed by atoms with Crippen LogP contribution in [0.1, 0.15) is 33.1 Å². The lowest BCUT2D eigenvalue weighted by Crippen LogP contribution is -2.44. The highest BCUT2D eigenvalue weighted by atomic mass is 16.4. The van der Waals surface area contributed by atoms with Crippen LogP contribution in [-0.4, -0.2) is 23.0 Å². The molecule has 1 saturated carbocycles. The maximum Gasteiger partial charge on any atom is 0.307 e. The molecule has 1 amide bonds. The zero-order chi connectivity index (χ0) is 13.3. The SMILES string of the molecule is CCC(CC)NC(=O)[C@@H]1[C@H](C(=O)O)[C@H]2C=C[C@H]1C2. The van der Waals surface area contributed by atoms with Gasteiger partial charge in [-0.25, -0.2) is 0 Å². The minimum absolute atomic E-state index is 0.0463. The third-order valence-electron chi connectivity index (χ3n) is 4.38. The van der Waals surface area contributed by atoms with Gasteiger partial charge in [-0.1, -0.05) is 26.0 Å². The van der Waals surface area contributed by atoms with Crippen LogP contribution in [0.5, 0.6) is 0 Å². The number of nitrogens with one attached hydrogen (secondary N) is 1. The Labute approximate surface area is 107 Å². The van der Waals surface area contributed by atoms with E-state index in [0.29, 0.717) is 0 Å². The Kier molecular flexibility index (Phi) is 3.73. The van der Waals surface area contributed by atoms with Crippen LogP contribution in [0.2, 0.25) is 0 Å². The molecule has 2 N–H and O–H groups in total. The van der Waals surface area contributed by atoms with Gasteiger partial charge in [-0.3, -0.25) is 9.59 Å². The topological polar surface area (TPSA) is 66.4 Å². The summed E-state index contributed by atoms with van der Waals surface area (Å²) in [5.74, 6) is -1.66.